The summed E-state index contributed by atoms with van der Waals surface area (Å²) in [5.41, 5.74) is 1.36. The Kier molecular flexibility index (Phi) is 11.4. The van der Waals surface area contributed by atoms with Crippen LogP contribution in [0.1, 0.15) is 40.3 Å². The van der Waals surface area contributed by atoms with Crippen molar-refractivity contribution in [3.8, 4) is 5.75 Å². The summed E-state index contributed by atoms with van der Waals surface area (Å²) < 4.78 is 66.5. The largest absolute Gasteiger partial charge is 0.492 e. The molecular formula is C38H41F4N5O5. The molecule has 2 saturated heterocycles. The van der Waals surface area contributed by atoms with Gasteiger partial charge in [0.05, 0.1) is 12.1 Å². The molecule has 1 aromatic heterocycles. The van der Waals surface area contributed by atoms with Crippen molar-refractivity contribution < 1.29 is 41.1 Å². The van der Waals surface area contributed by atoms with Crippen LogP contribution in [0.4, 0.5) is 23.2 Å². The van der Waals surface area contributed by atoms with E-state index < -0.39 is 34.7 Å². The number of ketones is 1. The Morgan fingerprint density at radius 1 is 0.750 bits per heavy atom. The number of ether oxygens (including phenoxy) is 1. The highest BCUT2D eigenvalue weighted by molar-refractivity contribution is 6.09. The molecule has 0 N–H and O–H groups in total. The molecule has 0 spiro atoms. The molecule has 52 heavy (non-hydrogen) atoms. The molecule has 0 atom stereocenters. The molecular weight excluding hydrogens is 682 g/mol. The van der Waals surface area contributed by atoms with E-state index in [1.165, 1.54) is 4.90 Å². The van der Waals surface area contributed by atoms with Gasteiger partial charge in [-0.05, 0) is 62.4 Å². The SMILES string of the molecule is CCN(CC)c1ccc2cc(C(=O)c3ccc(OCCN4CCN(C(=O)CN5CCN(C(=O)c6cc(F)c(F)c(F)c6F)CC5)CC4)cc3)oc2c1. The summed E-state index contributed by atoms with van der Waals surface area (Å²) in [6, 6.07) is 15.1. The van der Waals surface area contributed by atoms with Crippen LogP contribution in [0.5, 0.6) is 5.75 Å². The van der Waals surface area contributed by atoms with Crippen molar-refractivity contribution in [2.45, 2.75) is 13.8 Å². The molecule has 3 aromatic carbocycles. The Balaban J connectivity index is 0.903. The minimum Gasteiger partial charge on any atom is -0.492 e. The molecule has 0 bridgehead atoms. The number of benzene rings is 3. The van der Waals surface area contributed by atoms with Gasteiger partial charge in [0.2, 0.25) is 11.7 Å². The standard InChI is InChI=1S/C38H41F4N5O5/c1-3-45(4-2)27-8-5-26-21-32(52-31(26)22-27)37(49)25-6-9-28(10-7-25)51-20-19-43-11-15-46(16-12-43)33(48)24-44-13-17-47(18-14-44)38(50)29-23-30(39)35(41)36(42)34(29)40/h5-10,21-23H,3-4,11-20,24H2,1-2H3. The summed E-state index contributed by atoms with van der Waals surface area (Å²) in [7, 11) is 0. The molecule has 0 aliphatic carbocycles. The molecule has 14 heteroatoms. The molecule has 2 amide bonds. The molecule has 3 heterocycles. The van der Waals surface area contributed by atoms with Crippen LogP contribution in [0.3, 0.4) is 0 Å². The van der Waals surface area contributed by atoms with Crippen LogP contribution < -0.4 is 9.64 Å². The lowest BCUT2D eigenvalue weighted by molar-refractivity contribution is -0.134. The molecule has 2 aliphatic rings. The third-order valence-corrected chi connectivity index (χ3v) is 9.73. The van der Waals surface area contributed by atoms with Gasteiger partial charge in [-0.1, -0.05) is 0 Å². The quantitative estimate of drug-likeness (QED) is 0.0870. The van der Waals surface area contributed by atoms with Gasteiger partial charge < -0.3 is 23.9 Å². The number of furan rings is 1. The van der Waals surface area contributed by atoms with E-state index in [0.717, 1.165) is 24.2 Å². The van der Waals surface area contributed by atoms with Gasteiger partial charge in [-0.3, -0.25) is 24.2 Å². The van der Waals surface area contributed by atoms with Gasteiger partial charge in [0.1, 0.15) is 17.9 Å². The third-order valence-electron chi connectivity index (χ3n) is 9.73. The first-order valence-corrected chi connectivity index (χ1v) is 17.5. The van der Waals surface area contributed by atoms with Crippen LogP contribution in [-0.4, -0.2) is 122 Å². The number of amides is 2. The van der Waals surface area contributed by atoms with E-state index in [1.54, 1.807) is 35.2 Å². The summed E-state index contributed by atoms with van der Waals surface area (Å²) in [4.78, 5) is 48.1. The summed E-state index contributed by atoms with van der Waals surface area (Å²) >= 11 is 0. The maximum atomic E-state index is 14.1. The zero-order chi connectivity index (χ0) is 36.9. The molecule has 0 saturated carbocycles. The Morgan fingerprint density at radius 2 is 1.40 bits per heavy atom. The molecule has 2 fully saturated rings. The van der Waals surface area contributed by atoms with Crippen molar-refractivity contribution >= 4 is 34.3 Å². The number of rotatable bonds is 12. The number of piperazine rings is 2. The van der Waals surface area contributed by atoms with Crippen molar-refractivity contribution in [2.24, 2.45) is 0 Å². The zero-order valence-electron chi connectivity index (χ0n) is 29.2. The lowest BCUT2D eigenvalue weighted by atomic mass is 10.1. The van der Waals surface area contributed by atoms with Gasteiger partial charge in [-0.2, -0.15) is 0 Å². The Hall–Kier alpha value is -4.95. The van der Waals surface area contributed by atoms with Crippen LogP contribution in [0.15, 0.2) is 59.0 Å². The smallest absolute Gasteiger partial charge is 0.257 e. The number of carbonyl (C=O) groups excluding carboxylic acids is 3. The summed E-state index contributed by atoms with van der Waals surface area (Å²) in [5.74, 6) is -7.61. The Bertz CT molecular complexity index is 1920. The van der Waals surface area contributed by atoms with E-state index in [2.05, 4.69) is 23.6 Å². The Morgan fingerprint density at radius 3 is 2.08 bits per heavy atom. The second kappa shape index (κ2) is 16.2. The highest BCUT2D eigenvalue weighted by Gasteiger charge is 2.30. The molecule has 10 nitrogen and oxygen atoms in total. The highest BCUT2D eigenvalue weighted by atomic mass is 19.2. The lowest BCUT2D eigenvalue weighted by Crippen LogP contribution is -2.54. The van der Waals surface area contributed by atoms with E-state index in [0.29, 0.717) is 75.4 Å². The van der Waals surface area contributed by atoms with Gasteiger partial charge in [0.25, 0.3) is 5.91 Å². The van der Waals surface area contributed by atoms with Gasteiger partial charge >= 0.3 is 0 Å². The predicted octanol–water partition coefficient (Wildman–Crippen LogP) is 5.05. The number of fused-ring (bicyclic) bond motifs is 1. The summed E-state index contributed by atoms with van der Waals surface area (Å²) in [5, 5.41) is 0.873. The first-order chi connectivity index (χ1) is 25.1. The lowest BCUT2D eigenvalue weighted by Gasteiger charge is -2.38. The van der Waals surface area contributed by atoms with Crippen LogP contribution in [0, 0.1) is 23.3 Å². The molecule has 2 aliphatic heterocycles. The fourth-order valence-electron chi connectivity index (χ4n) is 6.57. The van der Waals surface area contributed by atoms with Crippen molar-refractivity contribution in [2.75, 3.05) is 90.0 Å². The first-order valence-electron chi connectivity index (χ1n) is 17.5. The topological polar surface area (TPSA) is 89.8 Å². The van der Waals surface area contributed by atoms with E-state index in [4.69, 9.17) is 9.15 Å². The molecule has 0 radical (unpaired) electrons. The number of halogens is 4. The minimum absolute atomic E-state index is 0.0499. The maximum Gasteiger partial charge on any atom is 0.257 e. The number of anilines is 1. The molecule has 0 unspecified atom stereocenters. The zero-order valence-corrected chi connectivity index (χ0v) is 29.2. The van der Waals surface area contributed by atoms with Crippen molar-refractivity contribution in [3.63, 3.8) is 0 Å². The van der Waals surface area contributed by atoms with E-state index >= 15 is 0 Å². The van der Waals surface area contributed by atoms with Crippen molar-refractivity contribution in [1.29, 1.82) is 0 Å². The number of nitrogens with zero attached hydrogens (tertiary/aromatic N) is 5. The monoisotopic (exact) mass is 723 g/mol. The van der Waals surface area contributed by atoms with Gasteiger partial charge in [0, 0.05) is 94.7 Å². The van der Waals surface area contributed by atoms with Crippen molar-refractivity contribution in [3.05, 3.63) is 94.8 Å². The Labute approximate surface area is 299 Å². The number of carbonyl (C=O) groups is 3. The second-order valence-corrected chi connectivity index (χ2v) is 12.8. The predicted molar refractivity (Wildman–Crippen MR) is 187 cm³/mol. The van der Waals surface area contributed by atoms with Gasteiger partial charge in [-0.25, -0.2) is 17.6 Å². The fraction of sp³-hybridized carbons (Fsp3) is 0.395. The third kappa shape index (κ3) is 8.07. The van der Waals surface area contributed by atoms with E-state index in [9.17, 15) is 31.9 Å². The van der Waals surface area contributed by atoms with Crippen LogP contribution >= 0.6 is 0 Å². The minimum atomic E-state index is -2.02. The fourth-order valence-corrected chi connectivity index (χ4v) is 6.57. The molecule has 6 rings (SSSR count). The molecule has 276 valence electrons. The average molecular weight is 724 g/mol. The molecule has 4 aromatic rings. The number of hydrogen-bond acceptors (Lipinski definition) is 8. The van der Waals surface area contributed by atoms with E-state index in [1.807, 2.05) is 23.1 Å². The summed E-state index contributed by atoms with van der Waals surface area (Å²) in [6.45, 7) is 10.5. The normalized spacial score (nSPS) is 15.7. The second-order valence-electron chi connectivity index (χ2n) is 12.8. The number of hydrogen-bond donors (Lipinski definition) is 0. The van der Waals surface area contributed by atoms with E-state index in [-0.39, 0.29) is 37.1 Å². The maximum absolute atomic E-state index is 14.1. The highest BCUT2D eigenvalue weighted by Crippen LogP contribution is 2.27. The van der Waals surface area contributed by atoms with Gasteiger partial charge in [-0.15, -0.1) is 0 Å². The van der Waals surface area contributed by atoms with Crippen LogP contribution in [0.2, 0.25) is 0 Å². The van der Waals surface area contributed by atoms with Gasteiger partial charge in [0.15, 0.2) is 29.0 Å². The summed E-state index contributed by atoms with van der Waals surface area (Å²) in [6.07, 6.45) is 0. The van der Waals surface area contributed by atoms with Crippen LogP contribution in [0.25, 0.3) is 11.0 Å². The first kappa shape index (κ1) is 36.8. The average Bonchev–Trinajstić information content (AvgIpc) is 3.60. The van der Waals surface area contributed by atoms with Crippen molar-refractivity contribution in [1.82, 2.24) is 19.6 Å². The van der Waals surface area contributed by atoms with Crippen LogP contribution in [-0.2, 0) is 4.79 Å².